The standard InChI is InChI=1S/C25H26BrCl2FN4O4/c1-25(2,3)37-24(34)33-9-7-13(8-10-33)36-22-17(35-4)11-16-18(19(22)26)23(31-12-30-16)32-15-6-5-14(27)20(28)21(15)29/h5-6,11-13H,7-10H2,1-4H3,(H,30,31,32). The Kier molecular flexibility index (Phi) is 8.20. The average molecular weight is 616 g/mol. The lowest BCUT2D eigenvalue weighted by molar-refractivity contribution is 0.0124. The summed E-state index contributed by atoms with van der Waals surface area (Å²) in [5.41, 5.74) is 0.102. The molecular weight excluding hydrogens is 590 g/mol. The van der Waals surface area contributed by atoms with Crippen molar-refractivity contribution in [1.29, 1.82) is 0 Å². The van der Waals surface area contributed by atoms with Crippen LogP contribution in [-0.2, 0) is 4.74 Å². The quantitative estimate of drug-likeness (QED) is 0.300. The molecular formula is C25H26BrCl2FN4O4. The smallest absolute Gasteiger partial charge is 0.410 e. The summed E-state index contributed by atoms with van der Waals surface area (Å²) in [6, 6.07) is 4.70. The van der Waals surface area contributed by atoms with Gasteiger partial charge in [0.2, 0.25) is 0 Å². The van der Waals surface area contributed by atoms with Crippen LogP contribution in [0.5, 0.6) is 11.5 Å². The molecule has 8 nitrogen and oxygen atoms in total. The van der Waals surface area contributed by atoms with Gasteiger partial charge in [0.15, 0.2) is 17.3 Å². The molecule has 12 heteroatoms. The van der Waals surface area contributed by atoms with Crippen molar-refractivity contribution in [3.63, 3.8) is 0 Å². The minimum Gasteiger partial charge on any atom is -0.493 e. The van der Waals surface area contributed by atoms with E-state index in [0.717, 1.165) is 0 Å². The maximum absolute atomic E-state index is 14.7. The van der Waals surface area contributed by atoms with E-state index in [4.69, 9.17) is 37.4 Å². The number of hydrogen-bond acceptors (Lipinski definition) is 7. The van der Waals surface area contributed by atoms with Gasteiger partial charge >= 0.3 is 6.09 Å². The van der Waals surface area contributed by atoms with Gasteiger partial charge in [0, 0.05) is 32.0 Å². The average Bonchev–Trinajstić information content (AvgIpc) is 2.85. The lowest BCUT2D eigenvalue weighted by Crippen LogP contribution is -2.44. The van der Waals surface area contributed by atoms with Crippen molar-refractivity contribution < 1.29 is 23.4 Å². The molecule has 1 N–H and O–H groups in total. The van der Waals surface area contributed by atoms with Crippen molar-refractivity contribution in [3.8, 4) is 11.5 Å². The number of likely N-dealkylation sites (tertiary alicyclic amines) is 1. The van der Waals surface area contributed by atoms with Crippen LogP contribution in [0.15, 0.2) is 29.0 Å². The van der Waals surface area contributed by atoms with Crippen LogP contribution in [-0.4, -0.2) is 52.9 Å². The van der Waals surface area contributed by atoms with Crippen LogP contribution < -0.4 is 14.8 Å². The second-order valence-electron chi connectivity index (χ2n) is 9.47. The highest BCUT2D eigenvalue weighted by molar-refractivity contribution is 9.10. The van der Waals surface area contributed by atoms with Crippen molar-refractivity contribution in [2.24, 2.45) is 0 Å². The highest BCUT2D eigenvalue weighted by atomic mass is 79.9. The highest BCUT2D eigenvalue weighted by Gasteiger charge is 2.29. The number of halogens is 4. The minimum absolute atomic E-state index is 0.106. The Balaban J connectivity index is 1.60. The maximum Gasteiger partial charge on any atom is 0.410 e. The maximum atomic E-state index is 14.7. The minimum atomic E-state index is -0.696. The van der Waals surface area contributed by atoms with Crippen LogP contribution in [0.3, 0.4) is 0 Å². The zero-order chi connectivity index (χ0) is 26.9. The van der Waals surface area contributed by atoms with Gasteiger partial charge in [0.1, 0.15) is 23.9 Å². The Morgan fingerprint density at radius 1 is 1.22 bits per heavy atom. The molecule has 37 heavy (non-hydrogen) atoms. The molecule has 0 aliphatic carbocycles. The van der Waals surface area contributed by atoms with Crippen molar-refractivity contribution in [2.75, 3.05) is 25.5 Å². The summed E-state index contributed by atoms with van der Waals surface area (Å²) in [5.74, 6) is 0.567. The van der Waals surface area contributed by atoms with Crippen LogP contribution in [0, 0.1) is 5.82 Å². The summed E-state index contributed by atoms with van der Waals surface area (Å²) in [7, 11) is 1.54. The fraction of sp³-hybridized carbons (Fsp3) is 0.400. The number of ether oxygens (including phenoxy) is 3. The Morgan fingerprint density at radius 3 is 2.57 bits per heavy atom. The first-order chi connectivity index (χ1) is 17.5. The molecule has 3 aromatic rings. The SMILES string of the molecule is COc1cc2ncnc(Nc3ccc(Cl)c(Cl)c3F)c2c(Br)c1OC1CCN(C(=O)OC(C)(C)C)CC1. The third kappa shape index (κ3) is 6.13. The fourth-order valence-electron chi connectivity index (χ4n) is 3.89. The number of anilines is 2. The van der Waals surface area contributed by atoms with E-state index in [0.29, 0.717) is 58.6 Å². The van der Waals surface area contributed by atoms with Crippen LogP contribution in [0.4, 0.5) is 20.7 Å². The molecule has 4 rings (SSSR count). The van der Waals surface area contributed by atoms with E-state index >= 15 is 0 Å². The monoisotopic (exact) mass is 614 g/mol. The van der Waals surface area contributed by atoms with E-state index in [1.54, 1.807) is 11.0 Å². The van der Waals surface area contributed by atoms with Crippen LogP contribution in [0.25, 0.3) is 10.9 Å². The van der Waals surface area contributed by atoms with E-state index in [1.165, 1.54) is 25.6 Å². The van der Waals surface area contributed by atoms with Crippen molar-refractivity contribution in [3.05, 3.63) is 44.9 Å². The first-order valence-electron chi connectivity index (χ1n) is 11.5. The first kappa shape index (κ1) is 27.5. The topological polar surface area (TPSA) is 85.8 Å². The normalized spacial score (nSPS) is 14.5. The summed E-state index contributed by atoms with van der Waals surface area (Å²) >= 11 is 15.5. The zero-order valence-electron chi connectivity index (χ0n) is 20.7. The molecule has 0 spiro atoms. The summed E-state index contributed by atoms with van der Waals surface area (Å²) in [6.07, 6.45) is 2.07. The number of methoxy groups -OCH3 is 1. The van der Waals surface area contributed by atoms with Gasteiger partial charge in [0.05, 0.1) is 38.2 Å². The predicted octanol–water partition coefficient (Wildman–Crippen LogP) is 7.37. The van der Waals surface area contributed by atoms with Gasteiger partial charge in [-0.3, -0.25) is 0 Å². The fourth-order valence-corrected chi connectivity index (χ4v) is 4.88. The molecule has 198 valence electrons. The second-order valence-corrected chi connectivity index (χ2v) is 11.0. The number of carbonyl (C=O) groups is 1. The Bertz CT molecular complexity index is 1330. The number of hydrogen-bond donors (Lipinski definition) is 1. The highest BCUT2D eigenvalue weighted by Crippen LogP contribution is 2.44. The number of fused-ring (bicyclic) bond motifs is 1. The molecule has 0 radical (unpaired) electrons. The van der Waals surface area contributed by atoms with Gasteiger partial charge in [-0.2, -0.15) is 0 Å². The largest absolute Gasteiger partial charge is 0.493 e. The number of amides is 1. The molecule has 1 aliphatic heterocycles. The van der Waals surface area contributed by atoms with Gasteiger partial charge in [-0.1, -0.05) is 23.2 Å². The van der Waals surface area contributed by atoms with E-state index in [1.807, 2.05) is 20.8 Å². The van der Waals surface area contributed by atoms with E-state index in [9.17, 15) is 9.18 Å². The molecule has 2 heterocycles. The summed E-state index contributed by atoms with van der Waals surface area (Å²) in [5, 5.41) is 3.46. The molecule has 2 aromatic carbocycles. The van der Waals surface area contributed by atoms with Crippen molar-refractivity contribution in [1.82, 2.24) is 14.9 Å². The van der Waals surface area contributed by atoms with Crippen molar-refractivity contribution >= 4 is 67.6 Å². The first-order valence-corrected chi connectivity index (χ1v) is 13.1. The molecule has 1 aliphatic rings. The number of rotatable bonds is 5. The third-order valence-corrected chi connectivity index (χ3v) is 7.21. The molecule has 0 saturated carbocycles. The van der Waals surface area contributed by atoms with Gasteiger partial charge in [0.25, 0.3) is 0 Å². The van der Waals surface area contributed by atoms with Gasteiger partial charge in [-0.05, 0) is 48.8 Å². The molecule has 0 bridgehead atoms. The molecule has 0 atom stereocenters. The Morgan fingerprint density at radius 2 is 1.92 bits per heavy atom. The lowest BCUT2D eigenvalue weighted by Gasteiger charge is -2.33. The van der Waals surface area contributed by atoms with E-state index in [2.05, 4.69) is 31.2 Å². The molecule has 1 aromatic heterocycles. The Labute approximate surface area is 232 Å². The number of benzene rings is 2. The number of nitrogens with zero attached hydrogens (tertiary/aromatic N) is 3. The molecule has 0 unspecified atom stereocenters. The molecule has 1 amide bonds. The summed E-state index contributed by atoms with van der Waals surface area (Å²) < 4.78 is 32.7. The molecule has 1 fully saturated rings. The van der Waals surface area contributed by atoms with Crippen molar-refractivity contribution in [2.45, 2.75) is 45.3 Å². The van der Waals surface area contributed by atoms with Crippen LogP contribution in [0.2, 0.25) is 10.0 Å². The number of aromatic nitrogens is 2. The van der Waals surface area contributed by atoms with Crippen LogP contribution in [0.1, 0.15) is 33.6 Å². The Hall–Kier alpha value is -2.56. The van der Waals surface area contributed by atoms with Gasteiger partial charge in [-0.25, -0.2) is 19.2 Å². The second kappa shape index (κ2) is 11.0. The predicted molar refractivity (Wildman–Crippen MR) is 145 cm³/mol. The zero-order valence-corrected chi connectivity index (χ0v) is 23.8. The lowest BCUT2D eigenvalue weighted by atomic mass is 10.1. The number of nitrogens with one attached hydrogen (secondary N) is 1. The van der Waals surface area contributed by atoms with Crippen LogP contribution >= 0.6 is 39.1 Å². The molecule has 1 saturated heterocycles. The summed E-state index contributed by atoms with van der Waals surface area (Å²) in [4.78, 5) is 22.7. The van der Waals surface area contributed by atoms with E-state index in [-0.39, 0.29) is 27.9 Å². The number of piperidine rings is 1. The van der Waals surface area contributed by atoms with E-state index < -0.39 is 11.4 Å². The van der Waals surface area contributed by atoms with Gasteiger partial charge in [-0.15, -0.1) is 0 Å². The summed E-state index contributed by atoms with van der Waals surface area (Å²) in [6.45, 7) is 6.52. The third-order valence-electron chi connectivity index (χ3n) is 5.67. The van der Waals surface area contributed by atoms with Gasteiger partial charge < -0.3 is 24.4 Å². The number of carbonyl (C=O) groups excluding carboxylic acids is 1.